The topological polar surface area (TPSA) is 61.3 Å². The van der Waals surface area contributed by atoms with Crippen LogP contribution in [-0.4, -0.2) is 19.9 Å². The van der Waals surface area contributed by atoms with Crippen molar-refractivity contribution >= 4 is 51.8 Å². The fourth-order valence-corrected chi connectivity index (χ4v) is 7.66. The van der Waals surface area contributed by atoms with Crippen molar-refractivity contribution in [2.45, 2.75) is 119 Å². The Morgan fingerprint density at radius 2 is 0.524 bits per heavy atom. The second-order valence-electron chi connectivity index (χ2n) is 18.6. The van der Waals surface area contributed by atoms with Crippen LogP contribution in [0, 0.1) is 0 Å². The number of benzene rings is 3. The van der Waals surface area contributed by atoms with Crippen LogP contribution in [0.25, 0.3) is 0 Å². The van der Waals surface area contributed by atoms with Crippen LogP contribution in [0.15, 0.2) is 140 Å². The summed E-state index contributed by atoms with van der Waals surface area (Å²) >= 11 is 0. The molecule has 0 aliphatic rings. The summed E-state index contributed by atoms with van der Waals surface area (Å²) in [5.74, 6) is 5.95. The number of nitrogens with zero attached hydrogens (tertiary/aromatic N) is 7. The van der Waals surface area contributed by atoms with E-state index in [1.165, 1.54) is 33.4 Å². The van der Waals surface area contributed by atoms with Crippen molar-refractivity contribution in [3.8, 4) is 0 Å². The average molecular weight is 836 g/mol. The summed E-state index contributed by atoms with van der Waals surface area (Å²) in [7, 11) is 0. The Hall–Kier alpha value is -6.34. The maximum Gasteiger partial charge on any atom is 0.143 e. The van der Waals surface area contributed by atoms with Gasteiger partial charge in [0.1, 0.15) is 29.1 Å². The monoisotopic (exact) mass is 836 g/mol. The van der Waals surface area contributed by atoms with Gasteiger partial charge in [0, 0.05) is 47.8 Å². The van der Waals surface area contributed by atoms with Gasteiger partial charge in [-0.1, -0.05) is 138 Å². The summed E-state index contributed by atoms with van der Waals surface area (Å²) in [6, 6.07) is 43.7. The van der Waals surface area contributed by atoms with E-state index < -0.39 is 0 Å². The standard InChI is InChI=1S/C56H65N7/c1-36(2)42-13-22-48(23-14-42)61(52-28-19-45(33-57-52)39(7)8)51-31-55(62(49-24-15-43(16-25-49)37(3)4)53-29-20-46(34-58-53)40(9)10)60-56(32-51)63(50-26-17-44(18-27-50)38(5)6)54-30-21-47(35-59-54)41(11)12/h13-41H,1-12H3. The molecular weight excluding hydrogens is 771 g/mol. The molecule has 0 aliphatic carbocycles. The van der Waals surface area contributed by atoms with Gasteiger partial charge in [0.2, 0.25) is 0 Å². The van der Waals surface area contributed by atoms with Crippen LogP contribution in [0.2, 0.25) is 0 Å². The maximum absolute atomic E-state index is 5.64. The van der Waals surface area contributed by atoms with E-state index in [2.05, 4.69) is 219 Å². The zero-order chi connectivity index (χ0) is 44.9. The molecule has 63 heavy (non-hydrogen) atoms. The molecule has 0 fully saturated rings. The quantitative estimate of drug-likeness (QED) is 0.102. The second kappa shape index (κ2) is 19.4. The molecule has 7 rings (SSSR count). The number of pyridine rings is 4. The number of hydrogen-bond donors (Lipinski definition) is 0. The highest BCUT2D eigenvalue weighted by molar-refractivity contribution is 5.84. The third kappa shape index (κ3) is 10.1. The van der Waals surface area contributed by atoms with Crippen molar-refractivity contribution < 1.29 is 0 Å². The van der Waals surface area contributed by atoms with Crippen LogP contribution < -0.4 is 14.7 Å². The Morgan fingerprint density at radius 3 is 0.778 bits per heavy atom. The van der Waals surface area contributed by atoms with Gasteiger partial charge in [-0.2, -0.15) is 0 Å². The molecule has 0 amide bonds. The van der Waals surface area contributed by atoms with E-state index in [1.54, 1.807) is 0 Å². The van der Waals surface area contributed by atoms with Gasteiger partial charge in [0.25, 0.3) is 0 Å². The number of aromatic nitrogens is 4. The van der Waals surface area contributed by atoms with Gasteiger partial charge >= 0.3 is 0 Å². The van der Waals surface area contributed by atoms with Crippen molar-refractivity contribution in [1.82, 2.24) is 19.9 Å². The molecule has 0 spiro atoms. The predicted molar refractivity (Wildman–Crippen MR) is 266 cm³/mol. The maximum atomic E-state index is 5.64. The van der Waals surface area contributed by atoms with Crippen molar-refractivity contribution in [2.24, 2.45) is 0 Å². The first-order chi connectivity index (χ1) is 30.2. The van der Waals surface area contributed by atoms with E-state index in [0.717, 1.165) is 40.2 Å². The lowest BCUT2D eigenvalue weighted by Gasteiger charge is -2.31. The zero-order valence-electron chi connectivity index (χ0n) is 39.4. The molecular formula is C56H65N7. The highest BCUT2D eigenvalue weighted by atomic mass is 15.3. The molecule has 7 nitrogen and oxygen atoms in total. The lowest BCUT2D eigenvalue weighted by Crippen LogP contribution is -2.20. The van der Waals surface area contributed by atoms with Gasteiger partial charge in [-0.05, 0) is 123 Å². The van der Waals surface area contributed by atoms with Crippen LogP contribution in [0.5, 0.6) is 0 Å². The molecule has 324 valence electrons. The first-order valence-electron chi connectivity index (χ1n) is 22.8. The summed E-state index contributed by atoms with van der Waals surface area (Å²) in [6.07, 6.45) is 5.99. The fraction of sp³-hybridized carbons (Fsp3) is 0.321. The molecule has 0 bridgehead atoms. The molecule has 0 saturated heterocycles. The smallest absolute Gasteiger partial charge is 0.143 e. The summed E-state index contributed by atoms with van der Waals surface area (Å²) in [6.45, 7) is 26.6. The summed E-state index contributed by atoms with van der Waals surface area (Å²) in [5.41, 5.74) is 11.1. The van der Waals surface area contributed by atoms with E-state index in [4.69, 9.17) is 19.9 Å². The van der Waals surface area contributed by atoms with Gasteiger partial charge in [-0.15, -0.1) is 0 Å². The molecule has 4 heterocycles. The summed E-state index contributed by atoms with van der Waals surface area (Å²) < 4.78 is 0. The van der Waals surface area contributed by atoms with Crippen LogP contribution >= 0.6 is 0 Å². The molecule has 0 aliphatic heterocycles. The van der Waals surface area contributed by atoms with Crippen molar-refractivity contribution in [3.63, 3.8) is 0 Å². The first-order valence-corrected chi connectivity index (χ1v) is 22.8. The molecule has 0 unspecified atom stereocenters. The SMILES string of the molecule is CC(C)c1ccc(N(c2cc(N(c3ccc(C(C)C)cc3)c3ccc(C(C)C)cn3)nc(N(c3ccc(C(C)C)cc3)c3ccc(C(C)C)cn3)c2)c2ccc(C(C)C)cn2)cc1. The minimum absolute atomic E-state index is 0.342. The fourth-order valence-electron chi connectivity index (χ4n) is 7.66. The molecule has 0 saturated carbocycles. The van der Waals surface area contributed by atoms with Gasteiger partial charge < -0.3 is 0 Å². The predicted octanol–water partition coefficient (Wildman–Crippen LogP) is 16.4. The van der Waals surface area contributed by atoms with Gasteiger partial charge in [-0.25, -0.2) is 19.9 Å². The Bertz CT molecular complexity index is 2080. The van der Waals surface area contributed by atoms with Crippen molar-refractivity contribution in [2.75, 3.05) is 14.7 Å². The van der Waals surface area contributed by atoms with Crippen LogP contribution in [0.4, 0.5) is 51.8 Å². The molecule has 0 radical (unpaired) electrons. The Kier molecular flexibility index (Phi) is 13.7. The van der Waals surface area contributed by atoms with Gasteiger partial charge in [0.15, 0.2) is 0 Å². The molecule has 7 aromatic rings. The molecule has 4 aromatic heterocycles. The molecule has 0 atom stereocenters. The number of rotatable bonds is 15. The second-order valence-corrected chi connectivity index (χ2v) is 18.6. The van der Waals surface area contributed by atoms with Crippen molar-refractivity contribution in [1.29, 1.82) is 0 Å². The highest BCUT2D eigenvalue weighted by Crippen LogP contribution is 2.44. The normalized spacial score (nSPS) is 11.7. The van der Waals surface area contributed by atoms with E-state index in [1.807, 2.05) is 18.6 Å². The van der Waals surface area contributed by atoms with E-state index in [-0.39, 0.29) is 0 Å². The summed E-state index contributed by atoms with van der Waals surface area (Å²) in [5, 5.41) is 0. The minimum Gasteiger partial charge on any atom is -0.295 e. The Balaban J connectivity index is 1.55. The highest BCUT2D eigenvalue weighted by Gasteiger charge is 2.25. The van der Waals surface area contributed by atoms with Gasteiger partial charge in [-0.3, -0.25) is 14.7 Å². The van der Waals surface area contributed by atoms with Crippen LogP contribution in [-0.2, 0) is 0 Å². The third-order valence-electron chi connectivity index (χ3n) is 12.0. The zero-order valence-corrected chi connectivity index (χ0v) is 39.4. The van der Waals surface area contributed by atoms with E-state index >= 15 is 0 Å². The molecule has 7 heteroatoms. The van der Waals surface area contributed by atoms with Gasteiger partial charge in [0.05, 0.1) is 5.69 Å². The van der Waals surface area contributed by atoms with E-state index in [0.29, 0.717) is 47.1 Å². The average Bonchev–Trinajstić information content (AvgIpc) is 3.28. The molecule has 3 aromatic carbocycles. The van der Waals surface area contributed by atoms with E-state index in [9.17, 15) is 0 Å². The number of anilines is 9. The lowest BCUT2D eigenvalue weighted by molar-refractivity contribution is 0.857. The third-order valence-corrected chi connectivity index (χ3v) is 12.0. The Morgan fingerprint density at radius 1 is 0.270 bits per heavy atom. The Labute approximate surface area is 377 Å². The number of hydrogen-bond acceptors (Lipinski definition) is 7. The lowest BCUT2D eigenvalue weighted by atomic mass is 10.0. The summed E-state index contributed by atoms with van der Waals surface area (Å²) in [4.78, 5) is 27.6. The largest absolute Gasteiger partial charge is 0.295 e. The van der Waals surface area contributed by atoms with Crippen molar-refractivity contribution in [3.05, 3.63) is 173 Å². The van der Waals surface area contributed by atoms with Crippen LogP contribution in [0.1, 0.15) is 152 Å². The molecule has 0 N–H and O–H groups in total. The van der Waals surface area contributed by atoms with Crippen LogP contribution in [0.3, 0.4) is 0 Å². The minimum atomic E-state index is 0.342. The first kappa shape index (κ1) is 44.7.